The summed E-state index contributed by atoms with van der Waals surface area (Å²) in [6.07, 6.45) is 109. The van der Waals surface area contributed by atoms with Crippen LogP contribution in [-0.2, 0) is 19.1 Å². The van der Waals surface area contributed by atoms with Crippen LogP contribution in [0.3, 0.4) is 0 Å². The molecule has 0 aromatic heterocycles. The van der Waals surface area contributed by atoms with E-state index in [0.717, 1.165) is 109 Å². The minimum Gasteiger partial charge on any atom is -0.462 e. The number of aliphatic hydroxyl groups is 1. The molecule has 0 fully saturated rings. The number of hydrogen-bond acceptors (Lipinski definition) is 5. The summed E-state index contributed by atoms with van der Waals surface area (Å²) in [7, 11) is 0. The molecular weight excluding hydrogens is 1030 g/mol. The molecule has 1 N–H and O–H groups in total. The van der Waals surface area contributed by atoms with Gasteiger partial charge in [0.05, 0.1) is 6.61 Å². The first-order valence-electron chi connectivity index (χ1n) is 35.7. The van der Waals surface area contributed by atoms with Crippen LogP contribution in [0.25, 0.3) is 0 Å². The van der Waals surface area contributed by atoms with E-state index in [4.69, 9.17) is 9.47 Å². The maximum atomic E-state index is 12.4. The van der Waals surface area contributed by atoms with Crippen molar-refractivity contribution in [3.05, 3.63) is 134 Å². The molecule has 1 atom stereocenters. The standard InChI is InChI=1S/C79H134O5/c1-3-5-7-9-11-13-15-17-19-21-23-25-27-29-31-33-34-35-36-37-38-39-40-41-42-43-44-46-48-50-52-54-56-58-60-62-64-66-68-70-72-74-79(82)84-77(75-80)76-83-78(81)73-71-69-67-65-63-61-59-57-55-53-51-49-47-45-32-30-28-26-24-22-20-18-16-14-12-10-8-6-4-2/h5-8,11-14,17-20,23-26,29-32,34-35,77,80H,3-4,9-10,15-16,21-22,27-28,33,36-76H2,1-2H3/b7-5-,8-6-,13-11-,14-12-,19-17-,20-18-,25-23-,26-24-,31-29-,32-30-,35-34-. The maximum Gasteiger partial charge on any atom is 0.306 e. The Hall–Kier alpha value is -3.96. The van der Waals surface area contributed by atoms with Crippen LogP contribution in [0.5, 0.6) is 0 Å². The molecule has 0 saturated heterocycles. The van der Waals surface area contributed by atoms with E-state index in [0.29, 0.717) is 12.8 Å². The second-order valence-electron chi connectivity index (χ2n) is 23.6. The molecule has 0 spiro atoms. The van der Waals surface area contributed by atoms with Crippen LogP contribution in [-0.4, -0.2) is 36.4 Å². The summed E-state index contributed by atoms with van der Waals surface area (Å²) >= 11 is 0. The smallest absolute Gasteiger partial charge is 0.306 e. The van der Waals surface area contributed by atoms with Gasteiger partial charge in [-0.05, 0) is 109 Å². The number of aliphatic hydroxyl groups excluding tert-OH is 1. The van der Waals surface area contributed by atoms with Crippen molar-refractivity contribution in [2.45, 2.75) is 341 Å². The van der Waals surface area contributed by atoms with E-state index < -0.39 is 6.10 Å². The van der Waals surface area contributed by atoms with Gasteiger partial charge in [-0.1, -0.05) is 347 Å². The highest BCUT2D eigenvalue weighted by atomic mass is 16.6. The molecule has 5 heteroatoms. The van der Waals surface area contributed by atoms with Crippen molar-refractivity contribution in [1.82, 2.24) is 0 Å². The van der Waals surface area contributed by atoms with Gasteiger partial charge in [0.1, 0.15) is 6.61 Å². The molecular formula is C79H134O5. The second-order valence-corrected chi connectivity index (χ2v) is 23.6. The summed E-state index contributed by atoms with van der Waals surface area (Å²) in [5.41, 5.74) is 0. The van der Waals surface area contributed by atoms with Gasteiger partial charge in [0, 0.05) is 12.8 Å². The first-order valence-corrected chi connectivity index (χ1v) is 35.7. The molecule has 0 aliphatic carbocycles. The zero-order valence-electron chi connectivity index (χ0n) is 55.1. The first kappa shape index (κ1) is 80.0. The Morgan fingerprint density at radius 2 is 0.476 bits per heavy atom. The lowest BCUT2D eigenvalue weighted by atomic mass is 10.0. The van der Waals surface area contributed by atoms with Crippen molar-refractivity contribution in [2.24, 2.45) is 0 Å². The predicted molar refractivity (Wildman–Crippen MR) is 371 cm³/mol. The number of rotatable bonds is 65. The number of carbonyl (C=O) groups is 2. The van der Waals surface area contributed by atoms with Gasteiger partial charge in [-0.25, -0.2) is 0 Å². The third-order valence-electron chi connectivity index (χ3n) is 15.4. The highest BCUT2D eigenvalue weighted by molar-refractivity contribution is 5.70. The number of allylic oxidation sites excluding steroid dienone is 22. The van der Waals surface area contributed by atoms with Gasteiger partial charge in [0.2, 0.25) is 0 Å². The normalized spacial score (nSPS) is 13.0. The first-order chi connectivity index (χ1) is 41.6. The lowest BCUT2D eigenvalue weighted by Gasteiger charge is -2.15. The van der Waals surface area contributed by atoms with E-state index >= 15 is 0 Å². The van der Waals surface area contributed by atoms with E-state index in [1.165, 1.54) is 199 Å². The molecule has 1 unspecified atom stereocenters. The zero-order valence-corrected chi connectivity index (χ0v) is 55.1. The zero-order chi connectivity index (χ0) is 60.5. The van der Waals surface area contributed by atoms with Crippen molar-refractivity contribution >= 4 is 11.9 Å². The van der Waals surface area contributed by atoms with Crippen LogP contribution in [0, 0.1) is 0 Å². The fourth-order valence-electron chi connectivity index (χ4n) is 10.2. The van der Waals surface area contributed by atoms with Gasteiger partial charge in [-0.15, -0.1) is 0 Å². The highest BCUT2D eigenvalue weighted by Gasteiger charge is 2.16. The monoisotopic (exact) mass is 1160 g/mol. The molecule has 0 rings (SSSR count). The van der Waals surface area contributed by atoms with E-state index in [1.54, 1.807) is 0 Å². The quantitative estimate of drug-likeness (QED) is 0.0373. The van der Waals surface area contributed by atoms with Crippen LogP contribution in [0.1, 0.15) is 335 Å². The van der Waals surface area contributed by atoms with Crippen LogP contribution >= 0.6 is 0 Å². The number of ether oxygens (including phenoxy) is 2. The van der Waals surface area contributed by atoms with Crippen LogP contribution in [0.2, 0.25) is 0 Å². The minimum atomic E-state index is -0.779. The molecule has 0 bridgehead atoms. The molecule has 84 heavy (non-hydrogen) atoms. The van der Waals surface area contributed by atoms with Crippen LogP contribution in [0.15, 0.2) is 134 Å². The molecule has 0 aromatic carbocycles. The third-order valence-corrected chi connectivity index (χ3v) is 15.4. The summed E-state index contributed by atoms with van der Waals surface area (Å²) in [6, 6.07) is 0. The molecule has 0 aromatic rings. The van der Waals surface area contributed by atoms with E-state index in [-0.39, 0.29) is 25.2 Å². The van der Waals surface area contributed by atoms with E-state index in [1.807, 2.05) is 0 Å². The molecule has 0 heterocycles. The van der Waals surface area contributed by atoms with Gasteiger partial charge >= 0.3 is 11.9 Å². The maximum absolute atomic E-state index is 12.4. The van der Waals surface area contributed by atoms with Crippen molar-refractivity contribution in [2.75, 3.05) is 13.2 Å². The van der Waals surface area contributed by atoms with Crippen LogP contribution in [0.4, 0.5) is 0 Å². The summed E-state index contributed by atoms with van der Waals surface area (Å²) in [5.74, 6) is -0.582. The lowest BCUT2D eigenvalue weighted by molar-refractivity contribution is -0.161. The average Bonchev–Trinajstić information content (AvgIpc) is 3.51. The Kier molecular flexibility index (Phi) is 69.8. The van der Waals surface area contributed by atoms with Crippen molar-refractivity contribution < 1.29 is 24.2 Å². The summed E-state index contributed by atoms with van der Waals surface area (Å²) in [4.78, 5) is 24.7. The molecule has 0 aliphatic heterocycles. The number of hydrogen-bond donors (Lipinski definition) is 1. The summed E-state index contributed by atoms with van der Waals surface area (Å²) < 4.78 is 10.8. The summed E-state index contributed by atoms with van der Waals surface area (Å²) in [5, 5.41) is 9.71. The Morgan fingerprint density at radius 1 is 0.274 bits per heavy atom. The number of unbranched alkanes of at least 4 members (excludes halogenated alkanes) is 35. The fraction of sp³-hybridized carbons (Fsp3) is 0.696. The van der Waals surface area contributed by atoms with Crippen LogP contribution < -0.4 is 0 Å². The molecule has 0 radical (unpaired) electrons. The van der Waals surface area contributed by atoms with Crippen molar-refractivity contribution in [3.8, 4) is 0 Å². The van der Waals surface area contributed by atoms with Gasteiger partial charge < -0.3 is 14.6 Å². The van der Waals surface area contributed by atoms with Gasteiger partial charge in [-0.3, -0.25) is 9.59 Å². The van der Waals surface area contributed by atoms with Gasteiger partial charge in [0.25, 0.3) is 0 Å². The molecule has 0 aliphatic rings. The highest BCUT2D eigenvalue weighted by Crippen LogP contribution is 2.18. The number of esters is 2. The predicted octanol–water partition coefficient (Wildman–Crippen LogP) is 25.1. The van der Waals surface area contributed by atoms with Gasteiger partial charge in [0.15, 0.2) is 6.10 Å². The van der Waals surface area contributed by atoms with Gasteiger partial charge in [-0.2, -0.15) is 0 Å². The number of carbonyl (C=O) groups excluding carboxylic acids is 2. The molecule has 480 valence electrons. The van der Waals surface area contributed by atoms with Crippen molar-refractivity contribution in [1.29, 1.82) is 0 Å². The Morgan fingerprint density at radius 3 is 0.714 bits per heavy atom. The second kappa shape index (κ2) is 73.3. The fourth-order valence-corrected chi connectivity index (χ4v) is 10.2. The SMILES string of the molecule is CC/C=C\C/C=C\C/C=C\C/C=C\C/C=C\C/C=C\CCCCCCCCCCCCCCCCCCCCCCCCC(=O)OC(CO)COC(=O)CCCCCCCCCCCCCCC/C=C\C/C=C\C/C=C\C/C=C\C/C=C\CC. The molecule has 5 nitrogen and oxygen atoms in total. The Labute approximate surface area is 521 Å². The van der Waals surface area contributed by atoms with Crippen molar-refractivity contribution in [3.63, 3.8) is 0 Å². The molecule has 0 saturated carbocycles. The molecule has 0 amide bonds. The lowest BCUT2D eigenvalue weighted by Crippen LogP contribution is -2.28. The Balaban J connectivity index is 3.45. The minimum absolute atomic E-state index is 0.0682. The topological polar surface area (TPSA) is 72.8 Å². The van der Waals surface area contributed by atoms with E-state index in [9.17, 15) is 14.7 Å². The Bertz CT molecular complexity index is 1700. The third kappa shape index (κ3) is 70.5. The summed E-state index contributed by atoms with van der Waals surface area (Å²) in [6.45, 7) is 3.94. The largest absolute Gasteiger partial charge is 0.462 e. The van der Waals surface area contributed by atoms with E-state index in [2.05, 4.69) is 148 Å². The average molecular weight is 1160 g/mol.